The number of aliphatic hydroxyl groups excluding tert-OH is 1. The van der Waals surface area contributed by atoms with Crippen LogP contribution in [0.25, 0.3) is 0 Å². The zero-order valence-electron chi connectivity index (χ0n) is 11.1. The number of aromatic nitrogens is 1. The van der Waals surface area contributed by atoms with Crippen LogP contribution >= 0.6 is 0 Å². The van der Waals surface area contributed by atoms with E-state index in [1.54, 1.807) is 11.5 Å². The number of rotatable bonds is 7. The smallest absolute Gasteiger partial charge is 0.287 e. The van der Waals surface area contributed by atoms with Gasteiger partial charge in [-0.3, -0.25) is 14.9 Å². The lowest BCUT2D eigenvalue weighted by molar-refractivity contribution is -0.384. The second-order valence-corrected chi connectivity index (χ2v) is 4.42. The van der Waals surface area contributed by atoms with E-state index < -0.39 is 4.92 Å². The van der Waals surface area contributed by atoms with Crippen LogP contribution in [-0.4, -0.2) is 33.2 Å². The van der Waals surface area contributed by atoms with E-state index in [0.29, 0.717) is 13.0 Å². The molecule has 1 heterocycles. The summed E-state index contributed by atoms with van der Waals surface area (Å²) >= 11 is 0. The van der Waals surface area contributed by atoms with Crippen LogP contribution in [0.2, 0.25) is 0 Å². The monoisotopic (exact) mass is 269 g/mol. The maximum atomic E-state index is 12.0. The summed E-state index contributed by atoms with van der Waals surface area (Å²) in [4.78, 5) is 22.3. The van der Waals surface area contributed by atoms with Gasteiger partial charge in [-0.25, -0.2) is 0 Å². The highest BCUT2D eigenvalue weighted by Gasteiger charge is 2.19. The molecule has 0 aromatic carbocycles. The Hall–Kier alpha value is -1.89. The third kappa shape index (κ3) is 4.06. The van der Waals surface area contributed by atoms with E-state index in [-0.39, 0.29) is 29.9 Å². The van der Waals surface area contributed by atoms with Crippen molar-refractivity contribution in [2.75, 3.05) is 6.61 Å². The van der Waals surface area contributed by atoms with Gasteiger partial charge >= 0.3 is 0 Å². The number of nitrogens with one attached hydrogen (secondary N) is 1. The average Bonchev–Trinajstić information content (AvgIpc) is 2.74. The second-order valence-electron chi connectivity index (χ2n) is 4.42. The molecule has 0 bridgehead atoms. The predicted molar refractivity (Wildman–Crippen MR) is 70.0 cm³/mol. The highest BCUT2D eigenvalue weighted by molar-refractivity contribution is 5.93. The van der Waals surface area contributed by atoms with Gasteiger partial charge in [0.25, 0.3) is 11.6 Å². The summed E-state index contributed by atoms with van der Waals surface area (Å²) in [5, 5.41) is 22.2. The summed E-state index contributed by atoms with van der Waals surface area (Å²) in [5.74, 6) is -0.359. The van der Waals surface area contributed by atoms with E-state index >= 15 is 0 Å². The number of hydrogen-bond donors (Lipinski definition) is 2. The maximum Gasteiger partial charge on any atom is 0.287 e. The predicted octanol–water partition coefficient (Wildman–Crippen LogP) is 1.31. The van der Waals surface area contributed by atoms with Crippen molar-refractivity contribution in [1.82, 2.24) is 9.88 Å². The lowest BCUT2D eigenvalue weighted by Crippen LogP contribution is -2.34. The summed E-state index contributed by atoms with van der Waals surface area (Å²) in [7, 11) is 0. The van der Waals surface area contributed by atoms with E-state index in [1.807, 2.05) is 6.92 Å². The van der Waals surface area contributed by atoms with Crippen LogP contribution in [0.1, 0.15) is 37.2 Å². The number of hydrogen-bond acceptors (Lipinski definition) is 4. The Morgan fingerprint density at radius 2 is 2.32 bits per heavy atom. The molecule has 0 saturated carbocycles. The van der Waals surface area contributed by atoms with Gasteiger partial charge < -0.3 is 15.0 Å². The Morgan fingerprint density at radius 3 is 2.84 bits per heavy atom. The molecular weight excluding hydrogens is 250 g/mol. The van der Waals surface area contributed by atoms with Crippen LogP contribution in [0.5, 0.6) is 0 Å². The summed E-state index contributed by atoms with van der Waals surface area (Å²) in [6.45, 7) is 4.24. The molecule has 1 aromatic heterocycles. The summed E-state index contributed by atoms with van der Waals surface area (Å²) < 4.78 is 1.58. The Kier molecular flexibility index (Phi) is 5.50. The Bertz CT molecular complexity index is 456. The van der Waals surface area contributed by atoms with Gasteiger partial charge in [0.15, 0.2) is 0 Å². The van der Waals surface area contributed by atoms with Gasteiger partial charge in [0.2, 0.25) is 0 Å². The van der Waals surface area contributed by atoms with Gasteiger partial charge in [-0.2, -0.15) is 0 Å². The molecule has 0 fully saturated rings. The molecule has 0 aliphatic heterocycles. The minimum absolute atomic E-state index is 0.0163. The molecular formula is C12H19N3O4. The molecule has 7 nitrogen and oxygen atoms in total. The lowest BCUT2D eigenvalue weighted by atomic mass is 10.2. The molecule has 0 aliphatic rings. The van der Waals surface area contributed by atoms with Crippen molar-refractivity contribution in [1.29, 1.82) is 0 Å². The summed E-state index contributed by atoms with van der Waals surface area (Å²) in [6, 6.07) is 1.10. The number of nitrogens with zero attached hydrogens (tertiary/aromatic N) is 2. The molecule has 0 saturated heterocycles. The van der Waals surface area contributed by atoms with Gasteiger partial charge in [-0.1, -0.05) is 6.92 Å². The normalized spacial score (nSPS) is 12.2. The third-order valence-electron chi connectivity index (χ3n) is 2.73. The fourth-order valence-electron chi connectivity index (χ4n) is 1.77. The van der Waals surface area contributed by atoms with Gasteiger partial charge in [-0.05, 0) is 19.8 Å². The molecule has 0 spiro atoms. The first-order chi connectivity index (χ1) is 8.99. The minimum atomic E-state index is -0.514. The minimum Gasteiger partial charge on any atom is -0.396 e. The molecule has 7 heteroatoms. The number of aliphatic hydroxyl groups is 1. The molecule has 1 unspecified atom stereocenters. The highest BCUT2D eigenvalue weighted by atomic mass is 16.6. The van der Waals surface area contributed by atoms with Crippen molar-refractivity contribution in [3.8, 4) is 0 Å². The number of aryl methyl sites for hydroxylation is 1. The van der Waals surface area contributed by atoms with Gasteiger partial charge in [0.05, 0.1) is 11.1 Å². The molecule has 1 rings (SSSR count). The van der Waals surface area contributed by atoms with Crippen LogP contribution in [-0.2, 0) is 6.54 Å². The largest absolute Gasteiger partial charge is 0.396 e. The number of nitro groups is 1. The van der Waals surface area contributed by atoms with Crippen LogP contribution < -0.4 is 5.32 Å². The zero-order valence-corrected chi connectivity index (χ0v) is 11.1. The number of carbonyl (C=O) groups is 1. The van der Waals surface area contributed by atoms with E-state index in [2.05, 4.69) is 5.32 Å². The molecule has 19 heavy (non-hydrogen) atoms. The van der Waals surface area contributed by atoms with Gasteiger partial charge in [0, 0.05) is 25.3 Å². The molecule has 1 aromatic rings. The molecule has 1 amide bonds. The Balaban J connectivity index is 2.90. The topological polar surface area (TPSA) is 97.4 Å². The van der Waals surface area contributed by atoms with Crippen molar-refractivity contribution in [3.05, 3.63) is 28.1 Å². The Morgan fingerprint density at radius 1 is 1.63 bits per heavy atom. The molecule has 106 valence electrons. The van der Waals surface area contributed by atoms with Crippen molar-refractivity contribution < 1.29 is 14.8 Å². The summed E-state index contributed by atoms with van der Waals surface area (Å²) in [6.07, 6.45) is 2.59. The first kappa shape index (κ1) is 15.2. The lowest BCUT2D eigenvalue weighted by Gasteiger charge is -2.13. The molecule has 1 atom stereocenters. The average molecular weight is 269 g/mol. The SMILES string of the molecule is CCCn1cc([N+](=O)[O-])cc1C(=O)NC(C)CCO. The van der Waals surface area contributed by atoms with E-state index in [9.17, 15) is 14.9 Å². The van der Waals surface area contributed by atoms with Crippen LogP contribution in [0.4, 0.5) is 5.69 Å². The fourth-order valence-corrected chi connectivity index (χ4v) is 1.77. The number of carbonyl (C=O) groups excluding carboxylic acids is 1. The molecule has 0 aliphatic carbocycles. The van der Waals surface area contributed by atoms with Crippen molar-refractivity contribution in [2.24, 2.45) is 0 Å². The highest BCUT2D eigenvalue weighted by Crippen LogP contribution is 2.17. The standard InChI is InChI=1S/C12H19N3O4/c1-3-5-14-8-10(15(18)19)7-11(14)12(17)13-9(2)4-6-16/h7-9,16H,3-6H2,1-2H3,(H,13,17). The first-order valence-electron chi connectivity index (χ1n) is 6.25. The third-order valence-corrected chi connectivity index (χ3v) is 2.73. The van der Waals surface area contributed by atoms with Gasteiger partial charge in [-0.15, -0.1) is 0 Å². The van der Waals surface area contributed by atoms with Crippen molar-refractivity contribution >= 4 is 11.6 Å². The first-order valence-corrected chi connectivity index (χ1v) is 6.25. The van der Waals surface area contributed by atoms with Crippen LogP contribution in [0.3, 0.4) is 0 Å². The molecule has 0 radical (unpaired) electrons. The maximum absolute atomic E-state index is 12.0. The molecule has 2 N–H and O–H groups in total. The van der Waals surface area contributed by atoms with E-state index in [1.165, 1.54) is 12.3 Å². The van der Waals surface area contributed by atoms with E-state index in [0.717, 1.165) is 6.42 Å². The van der Waals surface area contributed by atoms with Crippen LogP contribution in [0.15, 0.2) is 12.3 Å². The second kappa shape index (κ2) is 6.89. The quantitative estimate of drug-likeness (QED) is 0.576. The van der Waals surface area contributed by atoms with Gasteiger partial charge in [0.1, 0.15) is 5.69 Å². The zero-order chi connectivity index (χ0) is 14.4. The van der Waals surface area contributed by atoms with Crippen molar-refractivity contribution in [2.45, 2.75) is 39.3 Å². The van der Waals surface area contributed by atoms with Crippen LogP contribution in [0, 0.1) is 10.1 Å². The van der Waals surface area contributed by atoms with E-state index in [4.69, 9.17) is 5.11 Å². The van der Waals surface area contributed by atoms with Crippen molar-refractivity contribution in [3.63, 3.8) is 0 Å². The Labute approximate surface area is 111 Å². The number of amides is 1. The fraction of sp³-hybridized carbons (Fsp3) is 0.583. The summed E-state index contributed by atoms with van der Waals surface area (Å²) in [5.41, 5.74) is 0.187.